The third kappa shape index (κ3) is 0.888. The molecule has 3 atom stereocenters. The second-order valence-corrected chi connectivity index (χ2v) is 5.58. The molecule has 3 fully saturated rings. The minimum absolute atomic E-state index is 0.572. The Morgan fingerprint density at radius 2 is 2.45 bits per heavy atom. The second kappa shape index (κ2) is 2.17. The highest BCUT2D eigenvalue weighted by Gasteiger charge is 2.58. The molecule has 1 spiro atoms. The standard InChI is InChI=1S/C9H15NS/c1-4-10-9(11-5-1)3-2-7-6-8(7)9/h7-8,10H,1-6H2. The number of hydrogen-bond acceptors (Lipinski definition) is 2. The van der Waals surface area contributed by atoms with Crippen LogP contribution in [0.25, 0.3) is 0 Å². The molecule has 62 valence electrons. The van der Waals surface area contributed by atoms with Gasteiger partial charge in [0.2, 0.25) is 0 Å². The Morgan fingerprint density at radius 3 is 3.00 bits per heavy atom. The minimum atomic E-state index is 0.572. The minimum Gasteiger partial charge on any atom is -0.303 e. The predicted molar refractivity (Wildman–Crippen MR) is 48.6 cm³/mol. The van der Waals surface area contributed by atoms with Gasteiger partial charge in [0.1, 0.15) is 0 Å². The van der Waals surface area contributed by atoms with E-state index < -0.39 is 0 Å². The van der Waals surface area contributed by atoms with Crippen LogP contribution in [-0.4, -0.2) is 17.2 Å². The fraction of sp³-hybridized carbons (Fsp3) is 1.00. The van der Waals surface area contributed by atoms with Crippen LogP contribution in [0.15, 0.2) is 0 Å². The van der Waals surface area contributed by atoms with Crippen molar-refractivity contribution in [3.8, 4) is 0 Å². The Balaban J connectivity index is 1.81. The van der Waals surface area contributed by atoms with Crippen molar-refractivity contribution < 1.29 is 0 Å². The van der Waals surface area contributed by atoms with Gasteiger partial charge < -0.3 is 5.32 Å². The molecule has 1 aliphatic heterocycles. The van der Waals surface area contributed by atoms with Crippen LogP contribution in [0.1, 0.15) is 25.7 Å². The van der Waals surface area contributed by atoms with Crippen molar-refractivity contribution in [3.05, 3.63) is 0 Å². The summed E-state index contributed by atoms with van der Waals surface area (Å²) in [5, 5.41) is 3.75. The smallest absolute Gasteiger partial charge is 0.0676 e. The Kier molecular flexibility index (Phi) is 1.34. The molecular weight excluding hydrogens is 154 g/mol. The molecule has 2 aliphatic carbocycles. The zero-order valence-electron chi connectivity index (χ0n) is 6.81. The molecule has 0 aromatic rings. The van der Waals surface area contributed by atoms with Crippen molar-refractivity contribution >= 4 is 11.8 Å². The number of rotatable bonds is 0. The molecule has 2 heteroatoms. The molecule has 1 saturated heterocycles. The number of hydrogen-bond donors (Lipinski definition) is 1. The van der Waals surface area contributed by atoms with Gasteiger partial charge in [0, 0.05) is 0 Å². The van der Waals surface area contributed by atoms with Gasteiger partial charge in [-0.1, -0.05) is 0 Å². The van der Waals surface area contributed by atoms with Crippen molar-refractivity contribution in [2.24, 2.45) is 11.8 Å². The lowest BCUT2D eigenvalue weighted by Gasteiger charge is -2.35. The summed E-state index contributed by atoms with van der Waals surface area (Å²) in [6.45, 7) is 1.27. The van der Waals surface area contributed by atoms with Crippen LogP contribution >= 0.6 is 11.8 Å². The Labute approximate surface area is 72.3 Å². The largest absolute Gasteiger partial charge is 0.303 e. The average Bonchev–Trinajstić information content (AvgIpc) is 2.77. The fourth-order valence-corrected chi connectivity index (χ4v) is 4.42. The molecular formula is C9H15NS. The average molecular weight is 169 g/mol. The van der Waals surface area contributed by atoms with E-state index in [9.17, 15) is 0 Å². The van der Waals surface area contributed by atoms with Crippen molar-refractivity contribution in [1.29, 1.82) is 0 Å². The van der Waals surface area contributed by atoms with Gasteiger partial charge in [-0.05, 0) is 49.8 Å². The van der Waals surface area contributed by atoms with Gasteiger partial charge in [0.25, 0.3) is 0 Å². The summed E-state index contributed by atoms with van der Waals surface area (Å²) in [6.07, 6.45) is 5.86. The van der Waals surface area contributed by atoms with Gasteiger partial charge in [0.05, 0.1) is 4.87 Å². The Bertz CT molecular complexity index is 174. The molecule has 3 unspecified atom stereocenters. The highest BCUT2D eigenvalue weighted by molar-refractivity contribution is 8.00. The first-order valence-electron chi connectivity index (χ1n) is 4.80. The second-order valence-electron chi connectivity index (χ2n) is 4.16. The van der Waals surface area contributed by atoms with Gasteiger partial charge >= 0.3 is 0 Å². The molecule has 0 amide bonds. The fourth-order valence-electron chi connectivity index (χ4n) is 2.80. The molecule has 0 radical (unpaired) electrons. The molecule has 3 rings (SSSR count). The van der Waals surface area contributed by atoms with Crippen LogP contribution in [0.4, 0.5) is 0 Å². The summed E-state index contributed by atoms with van der Waals surface area (Å²) in [7, 11) is 0. The SMILES string of the molecule is C1CNC2(CCC3CC32)SC1. The van der Waals surface area contributed by atoms with Crippen molar-refractivity contribution in [2.45, 2.75) is 30.6 Å². The van der Waals surface area contributed by atoms with Gasteiger partial charge in [-0.3, -0.25) is 0 Å². The normalized spacial score (nSPS) is 54.5. The van der Waals surface area contributed by atoms with Gasteiger partial charge in [-0.15, -0.1) is 11.8 Å². The molecule has 1 N–H and O–H groups in total. The van der Waals surface area contributed by atoms with Crippen molar-refractivity contribution in [2.75, 3.05) is 12.3 Å². The van der Waals surface area contributed by atoms with Gasteiger partial charge in [0.15, 0.2) is 0 Å². The summed E-state index contributed by atoms with van der Waals surface area (Å²) >= 11 is 2.21. The summed E-state index contributed by atoms with van der Waals surface area (Å²) < 4.78 is 0. The maximum Gasteiger partial charge on any atom is 0.0676 e. The lowest BCUT2D eigenvalue weighted by molar-refractivity contribution is 0.417. The van der Waals surface area contributed by atoms with Crippen LogP contribution in [0.5, 0.6) is 0 Å². The van der Waals surface area contributed by atoms with Crippen LogP contribution in [0, 0.1) is 11.8 Å². The zero-order chi connectivity index (χ0) is 7.31. The molecule has 3 aliphatic rings. The highest BCUT2D eigenvalue weighted by Crippen LogP contribution is 2.62. The quantitative estimate of drug-likeness (QED) is 0.594. The number of thioether (sulfide) groups is 1. The van der Waals surface area contributed by atoms with Crippen LogP contribution in [0.2, 0.25) is 0 Å². The molecule has 2 saturated carbocycles. The Hall–Kier alpha value is 0.310. The molecule has 0 bridgehead atoms. The first-order chi connectivity index (χ1) is 5.41. The van der Waals surface area contributed by atoms with Crippen molar-refractivity contribution in [3.63, 3.8) is 0 Å². The third-order valence-corrected chi connectivity index (χ3v) is 5.17. The summed E-state index contributed by atoms with van der Waals surface area (Å²) in [4.78, 5) is 0.572. The first-order valence-corrected chi connectivity index (χ1v) is 5.78. The van der Waals surface area contributed by atoms with E-state index in [0.717, 1.165) is 11.8 Å². The van der Waals surface area contributed by atoms with Crippen molar-refractivity contribution in [1.82, 2.24) is 5.32 Å². The lowest BCUT2D eigenvalue weighted by atomic mass is 10.1. The van der Waals surface area contributed by atoms with Gasteiger partial charge in [-0.25, -0.2) is 0 Å². The van der Waals surface area contributed by atoms with Crippen LogP contribution in [0.3, 0.4) is 0 Å². The summed E-state index contributed by atoms with van der Waals surface area (Å²) in [5.74, 6) is 3.58. The topological polar surface area (TPSA) is 12.0 Å². The van der Waals surface area contributed by atoms with E-state index in [4.69, 9.17) is 0 Å². The lowest BCUT2D eigenvalue weighted by Crippen LogP contribution is -2.46. The van der Waals surface area contributed by atoms with Gasteiger partial charge in [-0.2, -0.15) is 0 Å². The number of nitrogens with one attached hydrogen (secondary N) is 1. The Morgan fingerprint density at radius 1 is 1.45 bits per heavy atom. The molecule has 1 nitrogen and oxygen atoms in total. The van der Waals surface area contributed by atoms with E-state index in [0.29, 0.717) is 4.87 Å². The van der Waals surface area contributed by atoms with E-state index >= 15 is 0 Å². The molecule has 0 aromatic heterocycles. The molecule has 11 heavy (non-hydrogen) atoms. The van der Waals surface area contributed by atoms with E-state index in [1.807, 2.05) is 0 Å². The van der Waals surface area contributed by atoms with E-state index in [-0.39, 0.29) is 0 Å². The predicted octanol–water partition coefficient (Wildman–Crippen LogP) is 1.84. The summed E-state index contributed by atoms with van der Waals surface area (Å²) in [5.41, 5.74) is 0. The summed E-state index contributed by atoms with van der Waals surface area (Å²) in [6, 6.07) is 0. The first kappa shape index (κ1) is 6.79. The van der Waals surface area contributed by atoms with Crippen LogP contribution in [-0.2, 0) is 0 Å². The highest BCUT2D eigenvalue weighted by atomic mass is 32.2. The maximum atomic E-state index is 3.75. The molecule has 1 heterocycles. The maximum absolute atomic E-state index is 3.75. The molecule has 0 aromatic carbocycles. The zero-order valence-corrected chi connectivity index (χ0v) is 7.62. The van der Waals surface area contributed by atoms with Crippen LogP contribution < -0.4 is 5.32 Å². The number of fused-ring (bicyclic) bond motifs is 2. The van der Waals surface area contributed by atoms with E-state index in [1.54, 1.807) is 0 Å². The van der Waals surface area contributed by atoms with E-state index in [2.05, 4.69) is 17.1 Å². The van der Waals surface area contributed by atoms with E-state index in [1.165, 1.54) is 38.0 Å². The third-order valence-electron chi connectivity index (χ3n) is 3.51. The monoisotopic (exact) mass is 169 g/mol.